The third kappa shape index (κ3) is 6.40. The van der Waals surface area contributed by atoms with Crippen LogP contribution in [0.2, 0.25) is 0 Å². The Bertz CT molecular complexity index is 3340. The second-order valence-corrected chi connectivity index (χ2v) is 16.2. The van der Waals surface area contributed by atoms with Crippen LogP contribution in [0.15, 0.2) is 224 Å². The molecule has 0 heteroatoms. The molecule has 11 rings (SSSR count). The molecule has 0 fully saturated rings. The molecule has 0 aliphatic carbocycles. The highest BCUT2D eigenvalue weighted by Crippen LogP contribution is 2.47. The second kappa shape index (κ2) is 15.6. The molecule has 61 heavy (non-hydrogen) atoms. The highest BCUT2D eigenvalue weighted by Gasteiger charge is 2.20. The summed E-state index contributed by atoms with van der Waals surface area (Å²) in [5, 5.41) is 10.0. The highest BCUT2D eigenvalue weighted by atomic mass is 14.2. The van der Waals surface area contributed by atoms with Crippen molar-refractivity contribution in [3.8, 4) is 66.8 Å². The van der Waals surface area contributed by atoms with Crippen molar-refractivity contribution in [3.05, 3.63) is 230 Å². The van der Waals surface area contributed by atoms with Gasteiger partial charge in [-0.3, -0.25) is 0 Å². The molecule has 0 radical (unpaired) electrons. The van der Waals surface area contributed by atoms with Crippen molar-refractivity contribution in [2.45, 2.75) is 19.8 Å². The number of hydrogen-bond donors (Lipinski definition) is 0. The summed E-state index contributed by atoms with van der Waals surface area (Å²) in [7, 11) is 0. The topological polar surface area (TPSA) is 0 Å². The van der Waals surface area contributed by atoms with Gasteiger partial charge >= 0.3 is 0 Å². The van der Waals surface area contributed by atoms with Crippen LogP contribution in [0.25, 0.3) is 110 Å². The van der Waals surface area contributed by atoms with Gasteiger partial charge in [0.1, 0.15) is 0 Å². The maximum atomic E-state index is 2.48. The van der Waals surface area contributed by atoms with E-state index in [1.54, 1.807) is 0 Å². The highest BCUT2D eigenvalue weighted by molar-refractivity contribution is 6.22. The van der Waals surface area contributed by atoms with Gasteiger partial charge < -0.3 is 0 Å². The van der Waals surface area contributed by atoms with Crippen molar-refractivity contribution in [3.63, 3.8) is 0 Å². The Labute approximate surface area is 358 Å². The Morgan fingerprint density at radius 2 is 0.705 bits per heavy atom. The Morgan fingerprint density at radius 1 is 0.262 bits per heavy atom. The number of hydrogen-bond acceptors (Lipinski definition) is 0. The Kier molecular flexibility index (Phi) is 9.32. The maximum Gasteiger partial charge on any atom is -0.00261 e. The smallest absolute Gasteiger partial charge is 0.00261 e. The Balaban J connectivity index is 1.20. The second-order valence-electron chi connectivity index (χ2n) is 16.2. The lowest BCUT2D eigenvalue weighted by atomic mass is 9.83. The third-order valence-corrected chi connectivity index (χ3v) is 12.6. The summed E-state index contributed by atoms with van der Waals surface area (Å²) in [5.41, 5.74) is 16.2. The fourth-order valence-corrected chi connectivity index (χ4v) is 9.85. The first-order chi connectivity index (χ1) is 30.2. The summed E-state index contributed by atoms with van der Waals surface area (Å²) < 4.78 is 0. The van der Waals surface area contributed by atoms with E-state index in [1.807, 2.05) is 0 Å². The molecule has 0 saturated carbocycles. The van der Waals surface area contributed by atoms with Gasteiger partial charge in [-0.2, -0.15) is 0 Å². The van der Waals surface area contributed by atoms with Gasteiger partial charge in [0, 0.05) is 0 Å². The molecule has 288 valence electrons. The average Bonchev–Trinajstić information content (AvgIpc) is 3.33. The Hall–Kier alpha value is -7.54. The van der Waals surface area contributed by atoms with Crippen LogP contribution in [0.5, 0.6) is 0 Å². The minimum Gasteiger partial charge on any atom is -0.0651 e. The van der Waals surface area contributed by atoms with Crippen molar-refractivity contribution in [2.75, 3.05) is 0 Å². The molecule has 0 saturated heterocycles. The molecular formula is C61H44. The third-order valence-electron chi connectivity index (χ3n) is 12.6. The molecule has 0 heterocycles. The molecule has 11 aromatic carbocycles. The zero-order chi connectivity index (χ0) is 40.7. The summed E-state index contributed by atoms with van der Waals surface area (Å²) in [5.74, 6) is 0. The molecular weight excluding hydrogens is 733 g/mol. The normalized spacial score (nSPS) is 11.5. The summed E-state index contributed by atoms with van der Waals surface area (Å²) >= 11 is 0. The predicted molar refractivity (Wildman–Crippen MR) is 263 cm³/mol. The summed E-state index contributed by atoms with van der Waals surface area (Å²) in [6.07, 6.45) is 2.24. The molecule has 0 spiro atoms. The molecule has 0 aromatic heterocycles. The average molecular weight is 777 g/mol. The first-order valence-electron chi connectivity index (χ1n) is 21.6. The van der Waals surface area contributed by atoms with Gasteiger partial charge in [0.05, 0.1) is 0 Å². The van der Waals surface area contributed by atoms with Crippen molar-refractivity contribution >= 4 is 43.1 Å². The molecule has 0 amide bonds. The molecule has 11 aromatic rings. The van der Waals surface area contributed by atoms with Crippen LogP contribution < -0.4 is 0 Å². The molecule has 0 bridgehead atoms. The summed E-state index contributed by atoms with van der Waals surface area (Å²) in [6.45, 7) is 2.25. The molecule has 0 aliphatic rings. The number of aryl methyl sites for hydroxylation is 1. The van der Waals surface area contributed by atoms with E-state index in [0.717, 1.165) is 12.8 Å². The van der Waals surface area contributed by atoms with Crippen LogP contribution in [0.3, 0.4) is 0 Å². The molecule has 0 unspecified atom stereocenters. The van der Waals surface area contributed by atoms with E-state index in [-0.39, 0.29) is 0 Å². The van der Waals surface area contributed by atoms with Gasteiger partial charge in [0.2, 0.25) is 0 Å². The van der Waals surface area contributed by atoms with Crippen LogP contribution in [-0.2, 0) is 6.42 Å². The van der Waals surface area contributed by atoms with Gasteiger partial charge in [-0.1, -0.05) is 232 Å². The van der Waals surface area contributed by atoms with Crippen molar-refractivity contribution in [1.29, 1.82) is 0 Å². The van der Waals surface area contributed by atoms with Crippen LogP contribution in [0.4, 0.5) is 0 Å². The fraction of sp³-hybridized carbons (Fsp3) is 0.0492. The zero-order valence-electron chi connectivity index (χ0n) is 34.3. The molecule has 0 atom stereocenters. The van der Waals surface area contributed by atoms with Gasteiger partial charge in [0.25, 0.3) is 0 Å². The maximum absolute atomic E-state index is 2.48. The van der Waals surface area contributed by atoms with Crippen LogP contribution in [-0.4, -0.2) is 0 Å². The number of rotatable bonds is 8. The van der Waals surface area contributed by atoms with Crippen LogP contribution in [0.1, 0.15) is 18.9 Å². The molecule has 0 nitrogen and oxygen atoms in total. The quantitative estimate of drug-likeness (QED) is 0.135. The van der Waals surface area contributed by atoms with Crippen LogP contribution >= 0.6 is 0 Å². The largest absolute Gasteiger partial charge is 0.0651 e. The lowest BCUT2D eigenvalue weighted by Gasteiger charge is -2.20. The summed E-state index contributed by atoms with van der Waals surface area (Å²) in [4.78, 5) is 0. The predicted octanol–water partition coefficient (Wildman–Crippen LogP) is 17.3. The van der Waals surface area contributed by atoms with E-state index >= 15 is 0 Å². The Morgan fingerprint density at radius 3 is 1.34 bits per heavy atom. The zero-order valence-corrected chi connectivity index (χ0v) is 34.3. The van der Waals surface area contributed by atoms with Crippen molar-refractivity contribution in [2.24, 2.45) is 0 Å². The lowest BCUT2D eigenvalue weighted by Crippen LogP contribution is -1.93. The first-order valence-corrected chi connectivity index (χ1v) is 21.6. The van der Waals surface area contributed by atoms with Crippen LogP contribution in [0, 0.1) is 0 Å². The van der Waals surface area contributed by atoms with E-state index in [9.17, 15) is 0 Å². The summed E-state index contributed by atoms with van der Waals surface area (Å²) in [6, 6.07) is 83.3. The molecule has 0 N–H and O–H groups in total. The fourth-order valence-electron chi connectivity index (χ4n) is 9.85. The monoisotopic (exact) mass is 776 g/mol. The first kappa shape index (κ1) is 36.5. The molecule has 0 aliphatic heterocycles. The lowest BCUT2D eigenvalue weighted by molar-refractivity contribution is 0.922. The number of benzene rings is 11. The van der Waals surface area contributed by atoms with Gasteiger partial charge in [-0.25, -0.2) is 0 Å². The minimum absolute atomic E-state index is 1.09. The van der Waals surface area contributed by atoms with E-state index in [2.05, 4.69) is 231 Å². The van der Waals surface area contributed by atoms with Gasteiger partial charge in [-0.15, -0.1) is 0 Å². The SMILES string of the molecule is CCCc1ccc(-c2c3ccccc3c(-c3ccc4c(-c5cccc6ccccc56)ccc(-c5ccccc5-c5ccccc5-c5ccccc5)c4c3)c3ccccc23)cc1. The van der Waals surface area contributed by atoms with E-state index in [0.29, 0.717) is 0 Å². The number of fused-ring (bicyclic) bond motifs is 4. The van der Waals surface area contributed by atoms with Gasteiger partial charge in [-0.05, 0) is 128 Å². The van der Waals surface area contributed by atoms with E-state index in [4.69, 9.17) is 0 Å². The van der Waals surface area contributed by atoms with Crippen molar-refractivity contribution < 1.29 is 0 Å². The van der Waals surface area contributed by atoms with E-state index < -0.39 is 0 Å². The van der Waals surface area contributed by atoms with E-state index in [1.165, 1.54) is 115 Å². The van der Waals surface area contributed by atoms with Crippen molar-refractivity contribution in [1.82, 2.24) is 0 Å². The van der Waals surface area contributed by atoms with Gasteiger partial charge in [0.15, 0.2) is 0 Å². The minimum atomic E-state index is 1.09. The standard InChI is InChI=1S/C61H44/c1-2-17-41-32-34-44(35-33-41)60-55-27-12-14-29-57(55)61(58-30-15-13-28-56(58)60)45-36-37-53-52(49-31-16-21-43-20-6-7-22-47(43)49)38-39-54(59(53)40-45)51-26-11-10-25-50(51)48-24-9-8-23-46(48)42-18-4-3-5-19-42/h3-16,18-40H,2,17H2,1H3.